The fourth-order valence-corrected chi connectivity index (χ4v) is 1.84. The van der Waals surface area contributed by atoms with Crippen LogP contribution in [0.1, 0.15) is 13.3 Å². The molecule has 0 radical (unpaired) electrons. The molecule has 2 atom stereocenters. The quantitative estimate of drug-likeness (QED) is 0.578. The SMILES string of the molecule is CCOC(=O)C12COCC(C1)N2. The molecule has 0 saturated carbocycles. The van der Waals surface area contributed by atoms with E-state index in [0.717, 1.165) is 13.0 Å². The third-order valence-electron chi connectivity index (χ3n) is 2.41. The van der Waals surface area contributed by atoms with Gasteiger partial charge in [0, 0.05) is 6.04 Å². The highest BCUT2D eigenvalue weighted by atomic mass is 16.5. The van der Waals surface area contributed by atoms with Crippen molar-refractivity contribution in [3.63, 3.8) is 0 Å². The van der Waals surface area contributed by atoms with Crippen LogP contribution in [0.15, 0.2) is 0 Å². The van der Waals surface area contributed by atoms with Crippen molar-refractivity contribution in [2.24, 2.45) is 0 Å². The normalized spacial score (nSPS) is 38.6. The Labute approximate surface area is 71.2 Å². The van der Waals surface area contributed by atoms with Crippen molar-refractivity contribution >= 4 is 5.97 Å². The molecule has 0 aromatic heterocycles. The van der Waals surface area contributed by atoms with Gasteiger partial charge in [0.15, 0.2) is 0 Å². The molecule has 12 heavy (non-hydrogen) atoms. The van der Waals surface area contributed by atoms with Crippen LogP contribution in [0.5, 0.6) is 0 Å². The molecule has 4 nitrogen and oxygen atoms in total. The highest BCUT2D eigenvalue weighted by Gasteiger charge is 2.54. The number of nitrogens with one attached hydrogen (secondary N) is 1. The van der Waals surface area contributed by atoms with E-state index in [1.165, 1.54) is 0 Å². The van der Waals surface area contributed by atoms with Gasteiger partial charge < -0.3 is 9.47 Å². The summed E-state index contributed by atoms with van der Waals surface area (Å²) < 4.78 is 10.2. The highest BCUT2D eigenvalue weighted by molar-refractivity contribution is 5.82. The predicted octanol–water partition coefficient (Wildman–Crippen LogP) is -0.320. The molecule has 3 rings (SSSR count). The van der Waals surface area contributed by atoms with Gasteiger partial charge in [0.2, 0.25) is 0 Å². The number of rotatable bonds is 2. The summed E-state index contributed by atoms with van der Waals surface area (Å²) >= 11 is 0. The summed E-state index contributed by atoms with van der Waals surface area (Å²) in [6.07, 6.45) is 0.867. The maximum Gasteiger partial charge on any atom is 0.328 e. The monoisotopic (exact) mass is 171 g/mol. The van der Waals surface area contributed by atoms with Gasteiger partial charge in [0.25, 0.3) is 0 Å². The predicted molar refractivity (Wildman–Crippen MR) is 41.7 cm³/mol. The van der Waals surface area contributed by atoms with Crippen LogP contribution >= 0.6 is 0 Å². The Bertz CT molecular complexity index is 193. The van der Waals surface area contributed by atoms with E-state index in [4.69, 9.17) is 9.47 Å². The highest BCUT2D eigenvalue weighted by Crippen LogP contribution is 2.31. The van der Waals surface area contributed by atoms with Crippen molar-refractivity contribution in [1.82, 2.24) is 5.32 Å². The molecule has 4 heteroatoms. The Morgan fingerprint density at radius 3 is 3.08 bits per heavy atom. The summed E-state index contributed by atoms with van der Waals surface area (Å²) in [6, 6.07) is 0.364. The molecule has 0 spiro atoms. The number of esters is 1. The van der Waals surface area contributed by atoms with Crippen LogP contribution in [0.4, 0.5) is 0 Å². The number of hydrogen-bond acceptors (Lipinski definition) is 4. The van der Waals surface area contributed by atoms with Gasteiger partial charge in [-0.15, -0.1) is 0 Å². The first-order valence-electron chi connectivity index (χ1n) is 4.29. The van der Waals surface area contributed by atoms with Crippen LogP contribution in [0, 0.1) is 0 Å². The van der Waals surface area contributed by atoms with Crippen LogP contribution in [-0.2, 0) is 14.3 Å². The molecule has 0 aliphatic carbocycles. The zero-order valence-corrected chi connectivity index (χ0v) is 7.13. The van der Waals surface area contributed by atoms with Crippen molar-refractivity contribution in [1.29, 1.82) is 0 Å². The lowest BCUT2D eigenvalue weighted by atomic mass is 9.80. The molecular weight excluding hydrogens is 158 g/mol. The second kappa shape index (κ2) is 2.71. The van der Waals surface area contributed by atoms with E-state index in [1.54, 1.807) is 0 Å². The van der Waals surface area contributed by atoms with E-state index in [2.05, 4.69) is 5.32 Å². The molecule has 0 aromatic carbocycles. The third kappa shape index (κ3) is 1.03. The summed E-state index contributed by atoms with van der Waals surface area (Å²) in [5.41, 5.74) is -0.501. The van der Waals surface area contributed by atoms with Gasteiger partial charge in [-0.05, 0) is 13.3 Å². The maximum absolute atomic E-state index is 11.4. The molecule has 0 aromatic rings. The Morgan fingerprint density at radius 1 is 1.83 bits per heavy atom. The average molecular weight is 171 g/mol. The number of carbonyl (C=O) groups is 1. The lowest BCUT2D eigenvalue weighted by Gasteiger charge is -2.50. The number of carbonyl (C=O) groups excluding carboxylic acids is 1. The van der Waals surface area contributed by atoms with Gasteiger partial charge in [0.1, 0.15) is 5.54 Å². The van der Waals surface area contributed by atoms with Crippen LogP contribution in [0.2, 0.25) is 0 Å². The fraction of sp³-hybridized carbons (Fsp3) is 0.875. The summed E-state index contributed by atoms with van der Waals surface area (Å²) in [7, 11) is 0. The molecule has 3 aliphatic heterocycles. The molecule has 2 unspecified atom stereocenters. The minimum absolute atomic E-state index is 0.166. The lowest BCUT2D eigenvalue weighted by Crippen LogP contribution is -2.75. The summed E-state index contributed by atoms with van der Waals surface area (Å²) in [5, 5.41) is 3.18. The number of morpholine rings is 1. The molecule has 3 saturated heterocycles. The Hall–Kier alpha value is -0.610. The van der Waals surface area contributed by atoms with Crippen molar-refractivity contribution in [3.05, 3.63) is 0 Å². The zero-order valence-electron chi connectivity index (χ0n) is 7.13. The molecule has 1 N–H and O–H groups in total. The van der Waals surface area contributed by atoms with Gasteiger partial charge in [0.05, 0.1) is 19.8 Å². The van der Waals surface area contributed by atoms with Crippen LogP contribution < -0.4 is 5.32 Å². The fourth-order valence-electron chi connectivity index (χ4n) is 1.84. The standard InChI is InChI=1S/C8H13NO3/c1-2-12-7(10)8-3-6(9-8)4-11-5-8/h6,9H,2-5H2,1H3. The van der Waals surface area contributed by atoms with Crippen LogP contribution in [0.25, 0.3) is 0 Å². The van der Waals surface area contributed by atoms with E-state index in [9.17, 15) is 4.79 Å². The smallest absolute Gasteiger partial charge is 0.328 e. The minimum Gasteiger partial charge on any atom is -0.465 e. The van der Waals surface area contributed by atoms with E-state index >= 15 is 0 Å². The van der Waals surface area contributed by atoms with Crippen molar-refractivity contribution in [3.8, 4) is 0 Å². The third-order valence-corrected chi connectivity index (χ3v) is 2.41. The van der Waals surface area contributed by atoms with Gasteiger partial charge in [-0.25, -0.2) is 4.79 Å². The van der Waals surface area contributed by atoms with Crippen molar-refractivity contribution < 1.29 is 14.3 Å². The molecule has 3 fully saturated rings. The second-order valence-corrected chi connectivity index (χ2v) is 3.36. The molecule has 3 heterocycles. The molecule has 3 aliphatic rings. The minimum atomic E-state index is -0.501. The number of ether oxygens (including phenoxy) is 2. The Morgan fingerprint density at radius 2 is 2.58 bits per heavy atom. The van der Waals surface area contributed by atoms with Crippen LogP contribution in [-0.4, -0.2) is 37.4 Å². The van der Waals surface area contributed by atoms with Crippen LogP contribution in [0.3, 0.4) is 0 Å². The Balaban J connectivity index is 1.98. The van der Waals surface area contributed by atoms with Gasteiger partial charge in [-0.1, -0.05) is 0 Å². The number of hydrogen-bond donors (Lipinski definition) is 1. The first-order chi connectivity index (χ1) is 5.77. The van der Waals surface area contributed by atoms with Gasteiger partial charge >= 0.3 is 5.97 Å². The van der Waals surface area contributed by atoms with Crippen molar-refractivity contribution in [2.45, 2.75) is 24.9 Å². The van der Waals surface area contributed by atoms with E-state index in [1.807, 2.05) is 6.92 Å². The molecule has 2 bridgehead atoms. The molecule has 68 valence electrons. The maximum atomic E-state index is 11.4. The van der Waals surface area contributed by atoms with E-state index in [-0.39, 0.29) is 5.97 Å². The molecule has 0 amide bonds. The lowest BCUT2D eigenvalue weighted by molar-refractivity contribution is -0.171. The topological polar surface area (TPSA) is 47.6 Å². The first kappa shape index (κ1) is 8.01. The summed E-state index contributed by atoms with van der Waals surface area (Å²) in [5.74, 6) is -0.166. The van der Waals surface area contributed by atoms with Gasteiger partial charge in [-0.3, -0.25) is 5.32 Å². The first-order valence-corrected chi connectivity index (χ1v) is 4.29. The summed E-state index contributed by atoms with van der Waals surface area (Å²) in [4.78, 5) is 11.4. The largest absolute Gasteiger partial charge is 0.465 e. The second-order valence-electron chi connectivity index (χ2n) is 3.36. The summed E-state index contributed by atoms with van der Waals surface area (Å²) in [6.45, 7) is 3.44. The van der Waals surface area contributed by atoms with Gasteiger partial charge in [-0.2, -0.15) is 0 Å². The van der Waals surface area contributed by atoms with E-state index < -0.39 is 5.54 Å². The zero-order chi connectivity index (χ0) is 8.60. The Kier molecular flexibility index (Phi) is 1.81. The molecular formula is C8H13NO3. The average Bonchev–Trinajstić information content (AvgIpc) is 2.04. The van der Waals surface area contributed by atoms with Crippen molar-refractivity contribution in [2.75, 3.05) is 19.8 Å². The van der Waals surface area contributed by atoms with E-state index in [0.29, 0.717) is 19.3 Å². The number of fused-ring (bicyclic) bond motifs is 2.